The number of ether oxygens (including phenoxy) is 1. The van der Waals surface area contributed by atoms with Crippen LogP contribution in [0.1, 0.15) is 27.7 Å². The van der Waals surface area contributed by atoms with Crippen LogP contribution in [0.2, 0.25) is 25.7 Å². The molecule has 0 bridgehead atoms. The van der Waals surface area contributed by atoms with Crippen LogP contribution in [0, 0.1) is 11.6 Å². The molecule has 0 atom stereocenters. The number of benzene rings is 2. The molecule has 5 nitrogen and oxygen atoms in total. The third-order valence-corrected chi connectivity index (χ3v) is 8.64. The molecule has 36 heavy (non-hydrogen) atoms. The van der Waals surface area contributed by atoms with Gasteiger partial charge in [-0.3, -0.25) is 0 Å². The van der Waals surface area contributed by atoms with E-state index in [0.29, 0.717) is 17.9 Å². The van der Waals surface area contributed by atoms with Crippen molar-refractivity contribution in [2.24, 2.45) is 0 Å². The molecule has 2 heterocycles. The van der Waals surface area contributed by atoms with Gasteiger partial charge in [0.15, 0.2) is 11.6 Å². The third kappa shape index (κ3) is 5.49. The quantitative estimate of drug-likeness (QED) is 0.270. The lowest BCUT2D eigenvalue weighted by Crippen LogP contribution is -2.41. The highest BCUT2D eigenvalue weighted by Crippen LogP contribution is 2.38. The summed E-state index contributed by atoms with van der Waals surface area (Å²) in [5, 5.41) is 4.66. The van der Waals surface area contributed by atoms with Gasteiger partial charge in [0.2, 0.25) is 0 Å². The average Bonchev–Trinajstić information content (AvgIpc) is 3.30. The van der Waals surface area contributed by atoms with Crippen LogP contribution in [-0.2, 0) is 20.8 Å². The zero-order chi connectivity index (χ0) is 26.3. The van der Waals surface area contributed by atoms with E-state index in [1.165, 1.54) is 6.07 Å². The molecule has 0 N–H and O–H groups in total. The first-order valence-electron chi connectivity index (χ1n) is 12.3. The lowest BCUT2D eigenvalue weighted by molar-refractivity contribution is 0.00578. The van der Waals surface area contributed by atoms with E-state index >= 15 is 8.78 Å². The predicted octanol–water partition coefficient (Wildman–Crippen LogP) is 6.11. The van der Waals surface area contributed by atoms with Crippen LogP contribution in [0.25, 0.3) is 22.4 Å². The van der Waals surface area contributed by atoms with Crippen molar-refractivity contribution in [2.75, 3.05) is 6.61 Å². The maximum atomic E-state index is 15.6. The molecule has 0 unspecified atom stereocenters. The number of aromatic nitrogens is 2. The minimum Gasteiger partial charge on any atom is -0.399 e. The van der Waals surface area contributed by atoms with Gasteiger partial charge in [0.25, 0.3) is 0 Å². The van der Waals surface area contributed by atoms with Crippen LogP contribution in [0.15, 0.2) is 48.7 Å². The van der Waals surface area contributed by atoms with Gasteiger partial charge in [-0.05, 0) is 33.7 Å². The predicted molar refractivity (Wildman–Crippen MR) is 143 cm³/mol. The Morgan fingerprint density at radius 2 is 1.56 bits per heavy atom. The smallest absolute Gasteiger partial charge is 0.399 e. The SMILES string of the molecule is CC1(C)OB(c2ccc(-c3cn(COCC[Si](C)(C)C)nc3-c3ccccc3)c(F)c2F)OC1(C)C. The number of halogens is 2. The average molecular weight is 512 g/mol. The fourth-order valence-electron chi connectivity index (χ4n) is 3.95. The molecule has 192 valence electrons. The second-order valence-electron chi connectivity index (χ2n) is 11.6. The molecule has 1 fully saturated rings. The van der Waals surface area contributed by atoms with Gasteiger partial charge in [-0.1, -0.05) is 62.1 Å². The summed E-state index contributed by atoms with van der Waals surface area (Å²) in [7, 11) is -2.21. The zero-order valence-electron chi connectivity index (χ0n) is 22.2. The lowest BCUT2D eigenvalue weighted by Gasteiger charge is -2.32. The highest BCUT2D eigenvalue weighted by atomic mass is 28.3. The van der Waals surface area contributed by atoms with Gasteiger partial charge in [-0.2, -0.15) is 5.10 Å². The Balaban J connectivity index is 1.67. The molecular formula is C27H35BF2N2O3Si. The zero-order valence-corrected chi connectivity index (χ0v) is 23.2. The Hall–Kier alpha value is -2.33. The van der Waals surface area contributed by atoms with Crippen molar-refractivity contribution in [3.63, 3.8) is 0 Å². The van der Waals surface area contributed by atoms with Crippen LogP contribution in [-0.4, -0.2) is 42.8 Å². The Labute approximate surface area is 213 Å². The molecule has 0 spiro atoms. The molecule has 1 aliphatic rings. The van der Waals surface area contributed by atoms with Gasteiger partial charge in [-0.25, -0.2) is 13.5 Å². The molecule has 1 saturated heterocycles. The molecule has 0 radical (unpaired) electrons. The first-order valence-corrected chi connectivity index (χ1v) is 16.0. The number of rotatable bonds is 8. The fourth-order valence-corrected chi connectivity index (χ4v) is 4.71. The van der Waals surface area contributed by atoms with Gasteiger partial charge in [0, 0.05) is 43.0 Å². The summed E-state index contributed by atoms with van der Waals surface area (Å²) in [5.74, 6) is -1.94. The molecular weight excluding hydrogens is 477 g/mol. The molecule has 1 aromatic heterocycles. The summed E-state index contributed by atoms with van der Waals surface area (Å²) >= 11 is 0. The van der Waals surface area contributed by atoms with Crippen molar-refractivity contribution in [2.45, 2.75) is 71.3 Å². The normalized spacial score (nSPS) is 17.1. The molecule has 3 aromatic rings. The van der Waals surface area contributed by atoms with Crippen molar-refractivity contribution in [1.29, 1.82) is 0 Å². The maximum absolute atomic E-state index is 15.6. The summed E-state index contributed by atoms with van der Waals surface area (Å²) in [6, 6.07) is 13.6. The Morgan fingerprint density at radius 1 is 0.917 bits per heavy atom. The molecule has 0 aliphatic carbocycles. The number of nitrogens with zero attached hydrogens (tertiary/aromatic N) is 2. The van der Waals surface area contributed by atoms with E-state index in [0.717, 1.165) is 11.6 Å². The minimum atomic E-state index is -1.22. The highest BCUT2D eigenvalue weighted by molar-refractivity contribution is 6.76. The number of hydrogen-bond acceptors (Lipinski definition) is 4. The molecule has 0 saturated carbocycles. The van der Waals surface area contributed by atoms with Gasteiger partial charge >= 0.3 is 7.12 Å². The van der Waals surface area contributed by atoms with Crippen molar-refractivity contribution >= 4 is 20.7 Å². The summed E-state index contributed by atoms with van der Waals surface area (Å²) in [5.41, 5.74) is 0.714. The highest BCUT2D eigenvalue weighted by Gasteiger charge is 2.52. The van der Waals surface area contributed by atoms with E-state index in [1.54, 1.807) is 16.9 Å². The Bertz CT molecular complexity index is 1210. The largest absolute Gasteiger partial charge is 0.497 e. The van der Waals surface area contributed by atoms with E-state index in [9.17, 15) is 0 Å². The van der Waals surface area contributed by atoms with E-state index in [4.69, 9.17) is 14.0 Å². The van der Waals surface area contributed by atoms with Gasteiger partial charge in [0.05, 0.1) is 11.2 Å². The molecule has 2 aromatic carbocycles. The monoisotopic (exact) mass is 512 g/mol. The van der Waals surface area contributed by atoms with Crippen molar-refractivity contribution < 1.29 is 22.8 Å². The van der Waals surface area contributed by atoms with Crippen LogP contribution < -0.4 is 5.46 Å². The minimum absolute atomic E-state index is 0.0400. The van der Waals surface area contributed by atoms with E-state index in [-0.39, 0.29) is 17.8 Å². The topological polar surface area (TPSA) is 45.5 Å². The van der Waals surface area contributed by atoms with Gasteiger partial charge in [-0.15, -0.1) is 0 Å². The van der Waals surface area contributed by atoms with E-state index in [1.807, 2.05) is 58.0 Å². The first-order chi connectivity index (χ1) is 16.8. The molecule has 4 rings (SSSR count). The molecule has 0 amide bonds. The van der Waals surface area contributed by atoms with Gasteiger partial charge < -0.3 is 14.0 Å². The summed E-state index contributed by atoms with van der Waals surface area (Å²) < 4.78 is 50.4. The van der Waals surface area contributed by atoms with E-state index in [2.05, 4.69) is 24.7 Å². The van der Waals surface area contributed by atoms with Crippen molar-refractivity contribution in [3.8, 4) is 22.4 Å². The summed E-state index contributed by atoms with van der Waals surface area (Å²) in [6.45, 7) is 15.3. The first kappa shape index (κ1) is 26.7. The van der Waals surface area contributed by atoms with Gasteiger partial charge in [0.1, 0.15) is 12.4 Å². The van der Waals surface area contributed by atoms with Crippen molar-refractivity contribution in [1.82, 2.24) is 9.78 Å². The molecule has 1 aliphatic heterocycles. The summed E-state index contributed by atoms with van der Waals surface area (Å²) in [6.07, 6.45) is 1.71. The second kappa shape index (κ2) is 9.85. The van der Waals surface area contributed by atoms with Crippen molar-refractivity contribution in [3.05, 3.63) is 60.3 Å². The van der Waals surface area contributed by atoms with Crippen LogP contribution in [0.3, 0.4) is 0 Å². The lowest BCUT2D eigenvalue weighted by atomic mass is 9.77. The third-order valence-electron chi connectivity index (χ3n) is 6.94. The standard InChI is InChI=1S/C27H35BF2N2O3Si/c1-26(2)27(3,4)35-28(34-26)22-14-13-20(23(29)24(22)30)21-17-32(18-33-15-16-36(5,6)7)31-25(21)19-11-9-8-10-12-19/h8-14,17H,15-16,18H2,1-7H3. The summed E-state index contributed by atoms with van der Waals surface area (Å²) in [4.78, 5) is 0. The fraction of sp³-hybridized carbons (Fsp3) is 0.444. The Kier molecular flexibility index (Phi) is 7.32. The molecule has 9 heteroatoms. The second-order valence-corrected chi connectivity index (χ2v) is 17.2. The Morgan fingerprint density at radius 3 is 2.17 bits per heavy atom. The van der Waals surface area contributed by atoms with Crippen LogP contribution in [0.5, 0.6) is 0 Å². The van der Waals surface area contributed by atoms with Crippen LogP contribution in [0.4, 0.5) is 8.78 Å². The number of hydrogen-bond donors (Lipinski definition) is 0. The van der Waals surface area contributed by atoms with E-state index < -0.39 is 38.0 Å². The maximum Gasteiger partial charge on any atom is 0.497 e. The van der Waals surface area contributed by atoms with Crippen LogP contribution >= 0.6 is 0 Å².